The molecule has 0 saturated heterocycles. The number of amides is 1. The second-order valence-corrected chi connectivity index (χ2v) is 7.62. The summed E-state index contributed by atoms with van der Waals surface area (Å²) in [7, 11) is 0. The van der Waals surface area contributed by atoms with Crippen LogP contribution in [0.2, 0.25) is 0 Å². The Morgan fingerprint density at radius 3 is 2.52 bits per heavy atom. The van der Waals surface area contributed by atoms with Crippen LogP contribution in [-0.4, -0.2) is 27.6 Å². The number of ketones is 1. The molecular weight excluding hydrogens is 387 g/mol. The number of benzene rings is 2. The van der Waals surface area contributed by atoms with Crippen molar-refractivity contribution in [2.24, 2.45) is 0 Å². The van der Waals surface area contributed by atoms with Crippen molar-refractivity contribution in [3.05, 3.63) is 59.9 Å². The van der Waals surface area contributed by atoms with E-state index in [-0.39, 0.29) is 23.3 Å². The number of hydrogen-bond donors (Lipinski definition) is 2. The fourth-order valence-corrected chi connectivity index (χ4v) is 3.77. The topological polar surface area (TPSA) is 84.0 Å². The Balaban J connectivity index is 1.56. The van der Waals surface area contributed by atoms with Crippen LogP contribution in [0.5, 0.6) is 0 Å². The van der Waals surface area contributed by atoms with Crippen LogP contribution < -0.4 is 10.6 Å². The van der Waals surface area contributed by atoms with Crippen LogP contribution in [0.4, 0.5) is 20.9 Å². The number of nitrogens with one attached hydrogen (secondary N) is 2. The van der Waals surface area contributed by atoms with Crippen LogP contribution in [0, 0.1) is 5.82 Å². The van der Waals surface area contributed by atoms with Gasteiger partial charge in [-0.05, 0) is 31.2 Å². The van der Waals surface area contributed by atoms with Crippen LogP contribution in [0.25, 0.3) is 0 Å². The molecule has 0 aliphatic rings. The molecular formula is C18H15FN4O2S2. The van der Waals surface area contributed by atoms with Gasteiger partial charge in [-0.25, -0.2) is 4.39 Å². The second-order valence-electron chi connectivity index (χ2n) is 5.42. The smallest absolute Gasteiger partial charge is 0.234 e. The van der Waals surface area contributed by atoms with E-state index in [1.165, 1.54) is 36.1 Å². The lowest BCUT2D eigenvalue weighted by molar-refractivity contribution is -0.113. The molecule has 1 aromatic heterocycles. The number of carbonyl (C=O) groups is 2. The van der Waals surface area contributed by atoms with E-state index >= 15 is 0 Å². The maximum Gasteiger partial charge on any atom is 0.234 e. The van der Waals surface area contributed by atoms with Crippen molar-refractivity contribution in [1.29, 1.82) is 0 Å². The molecule has 138 valence electrons. The summed E-state index contributed by atoms with van der Waals surface area (Å²) in [6.07, 6.45) is 0. The van der Waals surface area contributed by atoms with Gasteiger partial charge in [-0.2, -0.15) is 0 Å². The standard InChI is InChI=1S/C18H15FN4O2S2/c1-11(24)12-6-2-4-8-14(12)20-16(25)10-26-18-23-22-17(27-18)21-15-9-5-3-7-13(15)19/h2-9H,10H2,1H3,(H,20,25)(H,21,22). The Kier molecular flexibility index (Phi) is 6.15. The first kappa shape index (κ1) is 19.0. The van der Waals surface area contributed by atoms with E-state index in [0.717, 1.165) is 0 Å². The zero-order valence-electron chi connectivity index (χ0n) is 14.2. The van der Waals surface area contributed by atoms with Crippen LogP contribution in [-0.2, 0) is 4.79 Å². The minimum absolute atomic E-state index is 0.112. The number of hydrogen-bond acceptors (Lipinski definition) is 7. The highest BCUT2D eigenvalue weighted by Gasteiger charge is 2.12. The summed E-state index contributed by atoms with van der Waals surface area (Å²) < 4.78 is 14.2. The molecule has 0 aliphatic heterocycles. The minimum atomic E-state index is -0.384. The molecule has 2 aromatic carbocycles. The Hall–Kier alpha value is -2.78. The first-order valence-corrected chi connectivity index (χ1v) is 9.71. The second kappa shape index (κ2) is 8.74. The lowest BCUT2D eigenvalue weighted by atomic mass is 10.1. The number of thioether (sulfide) groups is 1. The lowest BCUT2D eigenvalue weighted by Gasteiger charge is -2.08. The number of Topliss-reactive ketones (excluding diaryl/α,β-unsaturated/α-hetero) is 1. The normalized spacial score (nSPS) is 10.4. The maximum absolute atomic E-state index is 13.6. The quantitative estimate of drug-likeness (QED) is 0.451. The monoisotopic (exact) mass is 402 g/mol. The summed E-state index contributed by atoms with van der Waals surface area (Å²) in [6.45, 7) is 1.45. The number of anilines is 3. The third-order valence-corrected chi connectivity index (χ3v) is 5.40. The zero-order valence-corrected chi connectivity index (χ0v) is 15.9. The van der Waals surface area contributed by atoms with Crippen molar-refractivity contribution in [3.8, 4) is 0 Å². The van der Waals surface area contributed by atoms with Gasteiger partial charge >= 0.3 is 0 Å². The Morgan fingerprint density at radius 1 is 1.07 bits per heavy atom. The first-order chi connectivity index (χ1) is 13.0. The fourth-order valence-electron chi connectivity index (χ4n) is 2.21. The van der Waals surface area contributed by atoms with E-state index in [1.807, 2.05) is 0 Å². The van der Waals surface area contributed by atoms with E-state index < -0.39 is 0 Å². The minimum Gasteiger partial charge on any atom is -0.328 e. The largest absolute Gasteiger partial charge is 0.328 e. The number of carbonyl (C=O) groups excluding carboxylic acids is 2. The van der Waals surface area contributed by atoms with Crippen LogP contribution in [0.1, 0.15) is 17.3 Å². The first-order valence-electron chi connectivity index (χ1n) is 7.90. The number of rotatable bonds is 7. The van der Waals surface area contributed by atoms with Crippen LogP contribution in [0.3, 0.4) is 0 Å². The van der Waals surface area contributed by atoms with Gasteiger partial charge in [0.05, 0.1) is 17.1 Å². The predicted molar refractivity (Wildman–Crippen MR) is 105 cm³/mol. The van der Waals surface area contributed by atoms with E-state index in [1.54, 1.807) is 42.5 Å². The summed E-state index contributed by atoms with van der Waals surface area (Å²) in [5.41, 5.74) is 1.25. The van der Waals surface area contributed by atoms with Gasteiger partial charge in [0.15, 0.2) is 10.1 Å². The summed E-state index contributed by atoms with van der Waals surface area (Å²) >= 11 is 2.43. The number of para-hydroxylation sites is 2. The molecule has 2 N–H and O–H groups in total. The lowest BCUT2D eigenvalue weighted by Crippen LogP contribution is -2.16. The van der Waals surface area contributed by atoms with Gasteiger partial charge in [0.1, 0.15) is 5.82 Å². The number of halogens is 1. The average Bonchev–Trinajstić information content (AvgIpc) is 3.10. The SMILES string of the molecule is CC(=O)c1ccccc1NC(=O)CSc1nnc(Nc2ccccc2F)s1. The Labute approximate surface area is 163 Å². The molecule has 0 atom stereocenters. The highest BCUT2D eigenvalue weighted by molar-refractivity contribution is 8.01. The molecule has 3 rings (SSSR count). The molecule has 0 fully saturated rings. The van der Waals surface area contributed by atoms with E-state index in [9.17, 15) is 14.0 Å². The molecule has 0 unspecified atom stereocenters. The van der Waals surface area contributed by atoms with Crippen LogP contribution >= 0.6 is 23.1 Å². The van der Waals surface area contributed by atoms with E-state index in [2.05, 4.69) is 20.8 Å². The molecule has 1 heterocycles. The van der Waals surface area contributed by atoms with Crippen molar-refractivity contribution >= 4 is 51.3 Å². The highest BCUT2D eigenvalue weighted by atomic mass is 32.2. The summed E-state index contributed by atoms with van der Waals surface area (Å²) in [6, 6.07) is 13.1. The van der Waals surface area contributed by atoms with E-state index in [0.29, 0.717) is 26.4 Å². The molecule has 27 heavy (non-hydrogen) atoms. The number of nitrogens with zero attached hydrogens (tertiary/aromatic N) is 2. The summed E-state index contributed by atoms with van der Waals surface area (Å²) in [5, 5.41) is 13.9. The molecule has 3 aromatic rings. The average molecular weight is 402 g/mol. The molecule has 9 heteroatoms. The highest BCUT2D eigenvalue weighted by Crippen LogP contribution is 2.28. The molecule has 6 nitrogen and oxygen atoms in total. The zero-order chi connectivity index (χ0) is 19.2. The van der Waals surface area contributed by atoms with Gasteiger partial charge in [-0.3, -0.25) is 9.59 Å². The fraction of sp³-hybridized carbons (Fsp3) is 0.111. The van der Waals surface area contributed by atoms with Gasteiger partial charge in [-0.15, -0.1) is 10.2 Å². The maximum atomic E-state index is 13.6. The molecule has 1 amide bonds. The van der Waals surface area contributed by atoms with Crippen molar-refractivity contribution in [1.82, 2.24) is 10.2 Å². The summed E-state index contributed by atoms with van der Waals surface area (Å²) in [5.74, 6) is -0.648. The van der Waals surface area contributed by atoms with Crippen molar-refractivity contribution in [2.45, 2.75) is 11.3 Å². The van der Waals surface area contributed by atoms with Gasteiger partial charge in [0.2, 0.25) is 11.0 Å². The number of aromatic nitrogens is 2. The van der Waals surface area contributed by atoms with Crippen molar-refractivity contribution in [3.63, 3.8) is 0 Å². The third kappa shape index (κ3) is 5.11. The van der Waals surface area contributed by atoms with E-state index in [4.69, 9.17) is 0 Å². The molecule has 0 spiro atoms. The van der Waals surface area contributed by atoms with Gasteiger partial charge in [0.25, 0.3) is 0 Å². The Morgan fingerprint density at radius 2 is 1.78 bits per heavy atom. The van der Waals surface area contributed by atoms with Gasteiger partial charge in [-0.1, -0.05) is 47.4 Å². The molecule has 0 radical (unpaired) electrons. The Bertz CT molecular complexity index is 977. The third-order valence-electron chi connectivity index (χ3n) is 3.43. The van der Waals surface area contributed by atoms with Crippen molar-refractivity contribution in [2.75, 3.05) is 16.4 Å². The van der Waals surface area contributed by atoms with Crippen molar-refractivity contribution < 1.29 is 14.0 Å². The molecule has 0 saturated carbocycles. The predicted octanol–water partition coefficient (Wildman–Crippen LogP) is 4.35. The van der Waals surface area contributed by atoms with Gasteiger partial charge in [0, 0.05) is 5.56 Å². The van der Waals surface area contributed by atoms with Gasteiger partial charge < -0.3 is 10.6 Å². The summed E-state index contributed by atoms with van der Waals surface area (Å²) in [4.78, 5) is 23.7. The van der Waals surface area contributed by atoms with Crippen LogP contribution in [0.15, 0.2) is 52.9 Å². The molecule has 0 aliphatic carbocycles. The molecule has 0 bridgehead atoms.